The highest BCUT2D eigenvalue weighted by molar-refractivity contribution is 5.99. The molecule has 0 aromatic heterocycles. The number of ketones is 1. The maximum atomic E-state index is 13.2. The van der Waals surface area contributed by atoms with Crippen LogP contribution in [0.15, 0.2) is 42.7 Å². The van der Waals surface area contributed by atoms with E-state index in [2.05, 4.69) is 13.5 Å². The molecular weight excluding hydrogens is 360 g/mol. The first-order valence-corrected chi connectivity index (χ1v) is 9.41. The highest BCUT2D eigenvalue weighted by Gasteiger charge is 2.64. The molecule has 0 spiro atoms. The van der Waals surface area contributed by atoms with Gasteiger partial charge < -0.3 is 18.9 Å². The van der Waals surface area contributed by atoms with Crippen LogP contribution in [0.1, 0.15) is 31.7 Å². The lowest BCUT2D eigenvalue weighted by molar-refractivity contribution is -0.156. The topological polar surface area (TPSA) is 71.1 Å². The molecule has 3 aliphatic rings. The molecule has 1 fully saturated rings. The minimum absolute atomic E-state index is 0.0109. The predicted molar refractivity (Wildman–Crippen MR) is 101 cm³/mol. The Kier molecular flexibility index (Phi) is 4.44. The van der Waals surface area contributed by atoms with Crippen LogP contribution in [-0.2, 0) is 19.1 Å². The van der Waals surface area contributed by atoms with Crippen LogP contribution in [0.2, 0.25) is 0 Å². The van der Waals surface area contributed by atoms with Crippen molar-refractivity contribution in [2.75, 3.05) is 13.9 Å². The lowest BCUT2D eigenvalue weighted by atomic mass is 9.70. The first kappa shape index (κ1) is 18.6. The summed E-state index contributed by atoms with van der Waals surface area (Å²) in [6.07, 6.45) is 3.66. The van der Waals surface area contributed by atoms with Crippen LogP contribution >= 0.6 is 0 Å². The van der Waals surface area contributed by atoms with E-state index in [9.17, 15) is 9.59 Å². The van der Waals surface area contributed by atoms with Crippen molar-refractivity contribution in [3.8, 4) is 11.5 Å². The first-order valence-electron chi connectivity index (χ1n) is 9.41. The molecule has 0 saturated heterocycles. The Morgan fingerprint density at radius 2 is 2.07 bits per heavy atom. The number of fused-ring (bicyclic) bond motifs is 3. The molecule has 1 heterocycles. The molecule has 148 valence electrons. The molecule has 1 aromatic rings. The summed E-state index contributed by atoms with van der Waals surface area (Å²) in [5.41, 5.74) is 0.405. The van der Waals surface area contributed by atoms with Crippen molar-refractivity contribution >= 4 is 11.8 Å². The summed E-state index contributed by atoms with van der Waals surface area (Å²) < 4.78 is 22.1. The van der Waals surface area contributed by atoms with Crippen molar-refractivity contribution in [3.05, 3.63) is 48.3 Å². The second-order valence-corrected chi connectivity index (χ2v) is 7.67. The van der Waals surface area contributed by atoms with Crippen LogP contribution in [0.25, 0.3) is 0 Å². The number of rotatable bonds is 5. The molecule has 4 rings (SSSR count). The highest BCUT2D eigenvalue weighted by Crippen LogP contribution is 2.62. The number of hydrogen-bond donors (Lipinski definition) is 0. The van der Waals surface area contributed by atoms with Crippen molar-refractivity contribution in [2.45, 2.75) is 32.3 Å². The van der Waals surface area contributed by atoms with Crippen molar-refractivity contribution in [3.63, 3.8) is 0 Å². The molecular formula is C22H24O6. The number of carbonyl (C=O) groups is 2. The predicted octanol–water partition coefficient (Wildman–Crippen LogP) is 3.37. The van der Waals surface area contributed by atoms with E-state index in [0.717, 1.165) is 5.56 Å². The third-order valence-corrected chi connectivity index (χ3v) is 6.37. The molecule has 2 bridgehead atoms. The van der Waals surface area contributed by atoms with Crippen molar-refractivity contribution in [1.82, 2.24) is 0 Å². The molecule has 0 N–H and O–H groups in total. The van der Waals surface area contributed by atoms with Crippen molar-refractivity contribution < 1.29 is 28.5 Å². The Morgan fingerprint density at radius 3 is 2.75 bits per heavy atom. The average molecular weight is 384 g/mol. The molecule has 2 aliphatic carbocycles. The lowest BCUT2D eigenvalue weighted by Gasteiger charge is -2.38. The highest BCUT2D eigenvalue weighted by atomic mass is 16.7. The van der Waals surface area contributed by atoms with Crippen LogP contribution in [0, 0.1) is 17.3 Å². The summed E-state index contributed by atoms with van der Waals surface area (Å²) in [4.78, 5) is 25.1. The fourth-order valence-electron chi connectivity index (χ4n) is 5.17. The normalized spacial score (nSPS) is 32.7. The second kappa shape index (κ2) is 6.69. The van der Waals surface area contributed by atoms with E-state index in [1.165, 1.54) is 14.0 Å². The molecule has 1 aromatic carbocycles. The molecule has 1 aliphatic heterocycles. The number of methoxy groups -OCH3 is 1. The number of Topliss-reactive ketones (excluding diaryl/α,β-unsaturated/α-hetero) is 1. The largest absolute Gasteiger partial charge is 0.493 e. The van der Waals surface area contributed by atoms with E-state index in [-0.39, 0.29) is 24.4 Å². The number of carbonyl (C=O) groups excluding carboxylic acids is 2. The zero-order valence-electron chi connectivity index (χ0n) is 16.3. The number of hydrogen-bond acceptors (Lipinski definition) is 6. The van der Waals surface area contributed by atoms with E-state index < -0.39 is 23.4 Å². The molecule has 6 nitrogen and oxygen atoms in total. The first-order chi connectivity index (χ1) is 13.4. The minimum Gasteiger partial charge on any atom is -0.493 e. The number of benzene rings is 1. The smallest absolute Gasteiger partial charge is 0.302 e. The summed E-state index contributed by atoms with van der Waals surface area (Å²) >= 11 is 0. The SMILES string of the molecule is C=CC[C@]12C=C(OC)C(=O)[C@H]([C@H](c3ccc4c(c3)OCO4)[C@H]1C)[C@H]2OC(C)=O. The number of allylic oxidation sites excluding steroid dienone is 2. The maximum absolute atomic E-state index is 13.2. The zero-order valence-corrected chi connectivity index (χ0v) is 16.3. The minimum atomic E-state index is -0.570. The summed E-state index contributed by atoms with van der Waals surface area (Å²) in [5, 5.41) is 0. The summed E-state index contributed by atoms with van der Waals surface area (Å²) in [7, 11) is 1.50. The van der Waals surface area contributed by atoms with Gasteiger partial charge in [0, 0.05) is 18.3 Å². The fourth-order valence-corrected chi connectivity index (χ4v) is 5.17. The summed E-state index contributed by atoms with van der Waals surface area (Å²) in [5.74, 6) is 0.470. The summed E-state index contributed by atoms with van der Waals surface area (Å²) in [6, 6.07) is 5.75. The standard InChI is InChI=1S/C22H24O6/c1-5-8-22-10-17(25-4)20(24)19(21(22)28-13(3)23)18(12(22)2)14-6-7-15-16(9-14)27-11-26-15/h5-7,9-10,12,18-19,21H,1,8,11H2,2-4H3/t12-,18+,19+,21-,22+/m1/s1. The van der Waals surface area contributed by atoms with Gasteiger partial charge in [0.15, 0.2) is 17.3 Å². The summed E-state index contributed by atoms with van der Waals surface area (Å²) in [6.45, 7) is 7.56. The number of ether oxygens (including phenoxy) is 4. The van der Waals surface area contributed by atoms with Crippen LogP contribution in [0.5, 0.6) is 11.5 Å². The average Bonchev–Trinajstić information content (AvgIpc) is 3.19. The van der Waals surface area contributed by atoms with Crippen molar-refractivity contribution in [2.24, 2.45) is 17.3 Å². The monoisotopic (exact) mass is 384 g/mol. The second-order valence-electron chi connectivity index (χ2n) is 7.67. The Balaban J connectivity index is 1.86. The quantitative estimate of drug-likeness (QED) is 0.573. The Hall–Kier alpha value is -2.76. The van der Waals surface area contributed by atoms with Gasteiger partial charge in [0.2, 0.25) is 12.6 Å². The Bertz CT molecular complexity index is 872. The van der Waals surface area contributed by atoms with Gasteiger partial charge in [-0.15, -0.1) is 6.58 Å². The van der Waals surface area contributed by atoms with E-state index >= 15 is 0 Å². The molecule has 0 radical (unpaired) electrons. The third-order valence-electron chi connectivity index (χ3n) is 6.37. The Morgan fingerprint density at radius 1 is 1.32 bits per heavy atom. The van der Waals surface area contributed by atoms with Crippen LogP contribution in [-0.4, -0.2) is 31.8 Å². The molecule has 6 heteroatoms. The molecule has 1 saturated carbocycles. The van der Waals surface area contributed by atoms with E-state index in [1.807, 2.05) is 30.4 Å². The van der Waals surface area contributed by atoms with Gasteiger partial charge in [-0.1, -0.05) is 19.1 Å². The van der Waals surface area contributed by atoms with Gasteiger partial charge in [-0.25, -0.2) is 0 Å². The Labute approximate surface area is 164 Å². The maximum Gasteiger partial charge on any atom is 0.302 e. The molecule has 5 atom stereocenters. The fraction of sp³-hybridized carbons (Fsp3) is 0.455. The molecule has 0 unspecified atom stereocenters. The van der Waals surface area contributed by atoms with Gasteiger partial charge in [-0.05, 0) is 36.1 Å². The van der Waals surface area contributed by atoms with E-state index in [4.69, 9.17) is 18.9 Å². The van der Waals surface area contributed by atoms with Gasteiger partial charge >= 0.3 is 5.97 Å². The van der Waals surface area contributed by atoms with Crippen LogP contribution < -0.4 is 9.47 Å². The van der Waals surface area contributed by atoms with Gasteiger partial charge in [-0.2, -0.15) is 0 Å². The van der Waals surface area contributed by atoms with E-state index in [1.54, 1.807) is 0 Å². The van der Waals surface area contributed by atoms with Crippen LogP contribution in [0.3, 0.4) is 0 Å². The van der Waals surface area contributed by atoms with Crippen LogP contribution in [0.4, 0.5) is 0 Å². The third kappa shape index (κ3) is 2.54. The van der Waals surface area contributed by atoms with Gasteiger partial charge in [0.1, 0.15) is 6.10 Å². The zero-order chi connectivity index (χ0) is 20.1. The van der Waals surface area contributed by atoms with Gasteiger partial charge in [-0.3, -0.25) is 9.59 Å². The van der Waals surface area contributed by atoms with Gasteiger partial charge in [0.05, 0.1) is 13.0 Å². The lowest BCUT2D eigenvalue weighted by Crippen LogP contribution is -2.44. The van der Waals surface area contributed by atoms with E-state index in [0.29, 0.717) is 23.7 Å². The van der Waals surface area contributed by atoms with Gasteiger partial charge in [0.25, 0.3) is 0 Å². The molecule has 28 heavy (non-hydrogen) atoms. The molecule has 0 amide bonds. The number of esters is 1. The van der Waals surface area contributed by atoms with Crippen molar-refractivity contribution in [1.29, 1.82) is 0 Å².